The first-order valence-corrected chi connectivity index (χ1v) is 8.33. The van der Waals surface area contributed by atoms with Crippen molar-refractivity contribution in [3.63, 3.8) is 0 Å². The minimum absolute atomic E-state index is 0.316. The summed E-state index contributed by atoms with van der Waals surface area (Å²) in [5.41, 5.74) is 0. The second-order valence-corrected chi connectivity index (χ2v) is 6.99. The van der Waals surface area contributed by atoms with Crippen molar-refractivity contribution in [2.75, 3.05) is 6.54 Å². The SMILES string of the molecule is CCCNC1CCC(C)CC1Sc1cc(F)ccc1F. The van der Waals surface area contributed by atoms with Crippen LogP contribution in [0.3, 0.4) is 0 Å². The Balaban J connectivity index is 2.08. The Hall–Kier alpha value is -0.610. The summed E-state index contributed by atoms with van der Waals surface area (Å²) in [6.45, 7) is 5.38. The van der Waals surface area contributed by atoms with Gasteiger partial charge in [-0.1, -0.05) is 13.8 Å². The average Bonchev–Trinajstić information content (AvgIpc) is 2.42. The van der Waals surface area contributed by atoms with Crippen molar-refractivity contribution in [1.29, 1.82) is 0 Å². The van der Waals surface area contributed by atoms with E-state index in [2.05, 4.69) is 19.2 Å². The van der Waals surface area contributed by atoms with Crippen molar-refractivity contribution in [2.45, 2.75) is 55.7 Å². The first-order chi connectivity index (χ1) is 9.60. The standard InChI is InChI=1S/C16H23F2NS/c1-3-8-19-14-7-4-11(2)9-16(14)20-15-10-12(17)5-6-13(15)18/h5-6,10-11,14,16,19H,3-4,7-9H2,1-2H3. The van der Waals surface area contributed by atoms with E-state index in [9.17, 15) is 8.78 Å². The predicted octanol–water partition coefficient (Wildman–Crippen LogP) is 4.61. The number of hydrogen-bond donors (Lipinski definition) is 1. The molecule has 1 fully saturated rings. The summed E-state index contributed by atoms with van der Waals surface area (Å²) in [5, 5.41) is 3.88. The Labute approximate surface area is 124 Å². The molecule has 1 aromatic carbocycles. The van der Waals surface area contributed by atoms with E-state index < -0.39 is 0 Å². The van der Waals surface area contributed by atoms with Crippen molar-refractivity contribution >= 4 is 11.8 Å². The molecule has 2 rings (SSSR count). The van der Waals surface area contributed by atoms with Gasteiger partial charge in [0.05, 0.1) is 0 Å². The van der Waals surface area contributed by atoms with E-state index in [1.54, 1.807) is 0 Å². The van der Waals surface area contributed by atoms with Gasteiger partial charge in [-0.25, -0.2) is 8.78 Å². The van der Waals surface area contributed by atoms with Gasteiger partial charge in [0, 0.05) is 16.2 Å². The zero-order valence-corrected chi connectivity index (χ0v) is 13.0. The summed E-state index contributed by atoms with van der Waals surface area (Å²) >= 11 is 1.49. The van der Waals surface area contributed by atoms with Crippen LogP contribution >= 0.6 is 11.8 Å². The van der Waals surface area contributed by atoms with Crippen LogP contribution in [0.2, 0.25) is 0 Å². The van der Waals surface area contributed by atoms with Gasteiger partial charge in [-0.3, -0.25) is 0 Å². The molecule has 1 aliphatic rings. The molecule has 1 saturated carbocycles. The Morgan fingerprint density at radius 3 is 2.85 bits per heavy atom. The lowest BCUT2D eigenvalue weighted by Crippen LogP contribution is -2.42. The topological polar surface area (TPSA) is 12.0 Å². The molecule has 3 atom stereocenters. The second-order valence-electron chi connectivity index (χ2n) is 5.71. The molecule has 112 valence electrons. The molecule has 0 radical (unpaired) electrons. The Morgan fingerprint density at radius 1 is 1.30 bits per heavy atom. The van der Waals surface area contributed by atoms with E-state index in [0.29, 0.717) is 22.1 Å². The molecular weight excluding hydrogens is 276 g/mol. The van der Waals surface area contributed by atoms with Gasteiger partial charge in [0.2, 0.25) is 0 Å². The van der Waals surface area contributed by atoms with Crippen molar-refractivity contribution in [3.05, 3.63) is 29.8 Å². The third kappa shape index (κ3) is 4.19. The van der Waals surface area contributed by atoms with Gasteiger partial charge in [0.15, 0.2) is 0 Å². The summed E-state index contributed by atoms with van der Waals surface area (Å²) < 4.78 is 27.1. The fourth-order valence-corrected chi connectivity index (χ4v) is 4.26. The monoisotopic (exact) mass is 299 g/mol. The lowest BCUT2D eigenvalue weighted by atomic mass is 9.87. The highest BCUT2D eigenvalue weighted by Gasteiger charge is 2.29. The molecule has 1 N–H and O–H groups in total. The summed E-state index contributed by atoms with van der Waals surface area (Å²) in [6.07, 6.45) is 4.49. The zero-order valence-electron chi connectivity index (χ0n) is 12.2. The Kier molecular flexibility index (Phi) is 5.85. The number of thioether (sulfide) groups is 1. The maximum Gasteiger partial charge on any atom is 0.136 e. The van der Waals surface area contributed by atoms with Gasteiger partial charge in [0.25, 0.3) is 0 Å². The third-order valence-corrected chi connectivity index (χ3v) is 5.27. The van der Waals surface area contributed by atoms with Crippen molar-refractivity contribution in [1.82, 2.24) is 5.32 Å². The van der Waals surface area contributed by atoms with E-state index in [0.717, 1.165) is 25.8 Å². The van der Waals surface area contributed by atoms with Crippen LogP contribution in [-0.2, 0) is 0 Å². The summed E-state index contributed by atoms with van der Waals surface area (Å²) in [5.74, 6) is -0.0245. The number of hydrogen-bond acceptors (Lipinski definition) is 2. The number of halogens is 2. The van der Waals surface area contributed by atoms with Crippen LogP contribution < -0.4 is 5.32 Å². The zero-order chi connectivity index (χ0) is 14.5. The molecule has 3 unspecified atom stereocenters. The minimum Gasteiger partial charge on any atom is -0.313 e. The van der Waals surface area contributed by atoms with Gasteiger partial charge in [-0.15, -0.1) is 11.8 Å². The molecule has 0 bridgehead atoms. The van der Waals surface area contributed by atoms with E-state index in [1.807, 2.05) is 0 Å². The summed E-state index contributed by atoms with van der Waals surface area (Å²) in [7, 11) is 0. The van der Waals surface area contributed by atoms with Gasteiger partial charge in [-0.2, -0.15) is 0 Å². The van der Waals surface area contributed by atoms with Crippen molar-refractivity contribution in [2.24, 2.45) is 5.92 Å². The van der Waals surface area contributed by atoms with Crippen LogP contribution in [0.15, 0.2) is 23.1 Å². The van der Waals surface area contributed by atoms with Crippen LogP contribution in [0.25, 0.3) is 0 Å². The van der Waals surface area contributed by atoms with Crippen LogP contribution in [0, 0.1) is 17.6 Å². The van der Waals surface area contributed by atoms with Crippen LogP contribution in [0.4, 0.5) is 8.78 Å². The summed E-state index contributed by atoms with van der Waals surface area (Å²) in [4.78, 5) is 0.437. The highest BCUT2D eigenvalue weighted by molar-refractivity contribution is 8.00. The molecule has 1 aliphatic carbocycles. The molecule has 0 amide bonds. The predicted molar refractivity (Wildman–Crippen MR) is 81.1 cm³/mol. The smallest absolute Gasteiger partial charge is 0.136 e. The molecule has 0 heterocycles. The van der Waals surface area contributed by atoms with E-state index >= 15 is 0 Å². The van der Waals surface area contributed by atoms with Crippen molar-refractivity contribution in [3.8, 4) is 0 Å². The first kappa shape index (κ1) is 15.8. The van der Waals surface area contributed by atoms with Crippen LogP contribution in [0.5, 0.6) is 0 Å². The normalized spacial score (nSPS) is 26.7. The minimum atomic E-state index is -0.365. The third-order valence-electron chi connectivity index (χ3n) is 3.88. The van der Waals surface area contributed by atoms with Crippen LogP contribution in [-0.4, -0.2) is 17.8 Å². The fourth-order valence-electron chi connectivity index (χ4n) is 2.75. The maximum absolute atomic E-state index is 13.8. The van der Waals surface area contributed by atoms with Gasteiger partial charge in [0.1, 0.15) is 11.6 Å². The number of benzene rings is 1. The molecular formula is C16H23F2NS. The average molecular weight is 299 g/mol. The Bertz CT molecular complexity index is 436. The van der Waals surface area contributed by atoms with E-state index in [1.165, 1.54) is 36.4 Å². The number of nitrogens with one attached hydrogen (secondary N) is 1. The van der Waals surface area contributed by atoms with Gasteiger partial charge >= 0.3 is 0 Å². The van der Waals surface area contributed by atoms with Crippen molar-refractivity contribution < 1.29 is 8.78 Å². The molecule has 0 aromatic heterocycles. The molecule has 0 spiro atoms. The molecule has 0 aliphatic heterocycles. The summed E-state index contributed by atoms with van der Waals surface area (Å²) in [6, 6.07) is 4.11. The number of rotatable bonds is 5. The highest BCUT2D eigenvalue weighted by atomic mass is 32.2. The van der Waals surface area contributed by atoms with Crippen LogP contribution in [0.1, 0.15) is 39.5 Å². The molecule has 1 aromatic rings. The molecule has 0 saturated heterocycles. The largest absolute Gasteiger partial charge is 0.313 e. The second kappa shape index (κ2) is 7.41. The maximum atomic E-state index is 13.8. The van der Waals surface area contributed by atoms with E-state index in [4.69, 9.17) is 0 Å². The van der Waals surface area contributed by atoms with Gasteiger partial charge in [-0.05, 0) is 56.3 Å². The molecule has 4 heteroatoms. The first-order valence-electron chi connectivity index (χ1n) is 7.45. The molecule has 1 nitrogen and oxygen atoms in total. The fraction of sp³-hybridized carbons (Fsp3) is 0.625. The lowest BCUT2D eigenvalue weighted by Gasteiger charge is -2.35. The Morgan fingerprint density at radius 2 is 2.10 bits per heavy atom. The van der Waals surface area contributed by atoms with E-state index in [-0.39, 0.29) is 11.6 Å². The lowest BCUT2D eigenvalue weighted by molar-refractivity contribution is 0.317. The quantitative estimate of drug-likeness (QED) is 0.852. The highest BCUT2D eigenvalue weighted by Crippen LogP contribution is 2.37. The van der Waals surface area contributed by atoms with Gasteiger partial charge < -0.3 is 5.32 Å². The molecule has 20 heavy (non-hydrogen) atoms.